The highest BCUT2D eigenvalue weighted by Gasteiger charge is 2.22. The lowest BCUT2D eigenvalue weighted by Crippen LogP contribution is -2.43. The molecule has 1 aliphatic heterocycles. The zero-order valence-electron chi connectivity index (χ0n) is 9.60. The van der Waals surface area contributed by atoms with Crippen molar-refractivity contribution in [3.05, 3.63) is 29.6 Å². The number of piperidine rings is 1. The summed E-state index contributed by atoms with van der Waals surface area (Å²) >= 11 is 0. The Bertz CT molecular complexity index is 459. The van der Waals surface area contributed by atoms with Crippen LogP contribution in [0.2, 0.25) is 0 Å². The van der Waals surface area contributed by atoms with E-state index in [-0.39, 0.29) is 5.69 Å². The van der Waals surface area contributed by atoms with Crippen LogP contribution in [0.25, 0.3) is 0 Å². The van der Waals surface area contributed by atoms with Crippen molar-refractivity contribution >= 4 is 11.6 Å². The van der Waals surface area contributed by atoms with Crippen molar-refractivity contribution in [3.8, 4) is 0 Å². The number of carbonyl (C=O) groups excluding carboxylic acids is 1. The third kappa shape index (κ3) is 2.81. The van der Waals surface area contributed by atoms with Gasteiger partial charge in [0, 0.05) is 12.1 Å². The van der Waals surface area contributed by atoms with Gasteiger partial charge in [0.15, 0.2) is 11.6 Å². The SMILES string of the molecule is O=C(Nc1cc(F)c(F)cc1F)C1CCCCN1. The Labute approximate surface area is 102 Å². The molecule has 0 spiro atoms. The van der Waals surface area contributed by atoms with Crippen LogP contribution in [0.15, 0.2) is 12.1 Å². The molecular weight excluding hydrogens is 245 g/mol. The van der Waals surface area contributed by atoms with Gasteiger partial charge in [0.25, 0.3) is 0 Å². The second-order valence-corrected chi connectivity index (χ2v) is 4.24. The Hall–Kier alpha value is -1.56. The van der Waals surface area contributed by atoms with E-state index in [4.69, 9.17) is 0 Å². The summed E-state index contributed by atoms with van der Waals surface area (Å²) in [6.07, 6.45) is 2.55. The minimum absolute atomic E-state index is 0.341. The molecule has 1 unspecified atom stereocenters. The molecule has 1 aromatic carbocycles. The molecule has 0 aromatic heterocycles. The van der Waals surface area contributed by atoms with Crippen molar-refractivity contribution in [2.24, 2.45) is 0 Å². The second-order valence-electron chi connectivity index (χ2n) is 4.24. The van der Waals surface area contributed by atoms with E-state index < -0.39 is 29.4 Å². The summed E-state index contributed by atoms with van der Waals surface area (Å²) in [4.78, 5) is 11.8. The summed E-state index contributed by atoms with van der Waals surface area (Å²) in [5.74, 6) is -3.89. The minimum Gasteiger partial charge on any atom is -0.322 e. The van der Waals surface area contributed by atoms with Crippen LogP contribution in [0.1, 0.15) is 19.3 Å². The van der Waals surface area contributed by atoms with E-state index in [1.54, 1.807) is 0 Å². The van der Waals surface area contributed by atoms with Crippen molar-refractivity contribution in [3.63, 3.8) is 0 Å². The molecule has 3 nitrogen and oxygen atoms in total. The number of hydrogen-bond acceptors (Lipinski definition) is 2. The van der Waals surface area contributed by atoms with Gasteiger partial charge in [-0.15, -0.1) is 0 Å². The number of hydrogen-bond donors (Lipinski definition) is 2. The summed E-state index contributed by atoms with van der Waals surface area (Å²) < 4.78 is 39.0. The minimum atomic E-state index is -1.28. The number of halogens is 3. The Balaban J connectivity index is 2.08. The first-order valence-corrected chi connectivity index (χ1v) is 5.76. The molecule has 98 valence electrons. The number of rotatable bonds is 2. The van der Waals surface area contributed by atoms with Crippen LogP contribution < -0.4 is 10.6 Å². The lowest BCUT2D eigenvalue weighted by atomic mass is 10.0. The Morgan fingerprint density at radius 1 is 1.17 bits per heavy atom. The second kappa shape index (κ2) is 5.39. The van der Waals surface area contributed by atoms with Crippen LogP contribution in [0.4, 0.5) is 18.9 Å². The number of nitrogens with one attached hydrogen (secondary N) is 2. The van der Waals surface area contributed by atoms with Gasteiger partial charge >= 0.3 is 0 Å². The molecule has 0 saturated carbocycles. The van der Waals surface area contributed by atoms with Crippen molar-refractivity contribution in [2.75, 3.05) is 11.9 Å². The van der Waals surface area contributed by atoms with Gasteiger partial charge in [-0.3, -0.25) is 4.79 Å². The van der Waals surface area contributed by atoms with Gasteiger partial charge in [-0.1, -0.05) is 6.42 Å². The highest BCUT2D eigenvalue weighted by Crippen LogP contribution is 2.19. The molecule has 2 N–H and O–H groups in total. The van der Waals surface area contributed by atoms with Crippen molar-refractivity contribution in [1.82, 2.24) is 5.32 Å². The summed E-state index contributed by atoms with van der Waals surface area (Å²) in [7, 11) is 0. The summed E-state index contributed by atoms with van der Waals surface area (Å²) in [6.45, 7) is 0.721. The Kier molecular flexibility index (Phi) is 3.86. The first-order chi connectivity index (χ1) is 8.58. The van der Waals surface area contributed by atoms with Crippen molar-refractivity contribution < 1.29 is 18.0 Å². The van der Waals surface area contributed by atoms with Gasteiger partial charge < -0.3 is 10.6 Å². The molecule has 1 aromatic rings. The average Bonchev–Trinajstić information content (AvgIpc) is 2.37. The maximum atomic E-state index is 13.3. The number of amides is 1. The lowest BCUT2D eigenvalue weighted by molar-refractivity contribution is -0.118. The molecule has 1 atom stereocenters. The monoisotopic (exact) mass is 258 g/mol. The van der Waals surface area contributed by atoms with E-state index in [2.05, 4.69) is 10.6 Å². The van der Waals surface area contributed by atoms with E-state index in [0.29, 0.717) is 18.6 Å². The van der Waals surface area contributed by atoms with Gasteiger partial charge in [-0.2, -0.15) is 0 Å². The maximum absolute atomic E-state index is 13.3. The average molecular weight is 258 g/mol. The molecular formula is C12H13F3N2O. The molecule has 1 aliphatic rings. The van der Waals surface area contributed by atoms with E-state index in [9.17, 15) is 18.0 Å². The predicted molar refractivity (Wildman–Crippen MR) is 60.6 cm³/mol. The fraction of sp³-hybridized carbons (Fsp3) is 0.417. The largest absolute Gasteiger partial charge is 0.322 e. The highest BCUT2D eigenvalue weighted by molar-refractivity contribution is 5.95. The standard InChI is InChI=1S/C12H13F3N2O/c13-7-5-9(15)11(6-8(7)14)17-12(18)10-3-1-2-4-16-10/h5-6,10,16H,1-4H2,(H,17,18). The molecule has 1 fully saturated rings. The van der Waals surface area contributed by atoms with E-state index in [1.807, 2.05) is 0 Å². The van der Waals surface area contributed by atoms with Crippen molar-refractivity contribution in [2.45, 2.75) is 25.3 Å². The fourth-order valence-electron chi connectivity index (χ4n) is 1.91. The topological polar surface area (TPSA) is 41.1 Å². The molecule has 1 saturated heterocycles. The smallest absolute Gasteiger partial charge is 0.241 e. The Morgan fingerprint density at radius 2 is 1.89 bits per heavy atom. The van der Waals surface area contributed by atoms with Gasteiger partial charge in [-0.05, 0) is 19.4 Å². The van der Waals surface area contributed by atoms with Crippen LogP contribution in [-0.2, 0) is 4.79 Å². The van der Waals surface area contributed by atoms with Crippen molar-refractivity contribution in [1.29, 1.82) is 0 Å². The molecule has 1 heterocycles. The molecule has 0 aliphatic carbocycles. The highest BCUT2D eigenvalue weighted by atomic mass is 19.2. The van der Waals surface area contributed by atoms with E-state index in [1.165, 1.54) is 0 Å². The quantitative estimate of drug-likeness (QED) is 0.798. The predicted octanol–water partition coefficient (Wildman–Crippen LogP) is 2.18. The summed E-state index contributed by atoms with van der Waals surface area (Å²) in [5, 5.41) is 5.25. The molecule has 1 amide bonds. The Morgan fingerprint density at radius 3 is 2.56 bits per heavy atom. The zero-order valence-corrected chi connectivity index (χ0v) is 9.60. The molecule has 2 rings (SSSR count). The van der Waals surface area contributed by atoms with Crippen LogP contribution in [0.5, 0.6) is 0 Å². The zero-order chi connectivity index (χ0) is 13.1. The van der Waals surface area contributed by atoms with Crippen LogP contribution in [0.3, 0.4) is 0 Å². The normalized spacial score (nSPS) is 19.6. The number of benzene rings is 1. The molecule has 0 bridgehead atoms. The van der Waals surface area contributed by atoms with E-state index in [0.717, 1.165) is 19.4 Å². The van der Waals surface area contributed by atoms with Gasteiger partial charge in [0.2, 0.25) is 5.91 Å². The third-order valence-electron chi connectivity index (χ3n) is 2.89. The van der Waals surface area contributed by atoms with E-state index >= 15 is 0 Å². The number of carbonyl (C=O) groups is 1. The third-order valence-corrected chi connectivity index (χ3v) is 2.89. The molecule has 0 radical (unpaired) electrons. The van der Waals surface area contributed by atoms with Crippen LogP contribution in [0, 0.1) is 17.5 Å². The maximum Gasteiger partial charge on any atom is 0.241 e. The fourth-order valence-corrected chi connectivity index (χ4v) is 1.91. The van der Waals surface area contributed by atoms with Crippen LogP contribution >= 0.6 is 0 Å². The number of anilines is 1. The molecule has 6 heteroatoms. The van der Waals surface area contributed by atoms with Crippen LogP contribution in [-0.4, -0.2) is 18.5 Å². The summed E-state index contributed by atoms with van der Waals surface area (Å²) in [5.41, 5.74) is -0.341. The van der Waals surface area contributed by atoms with Gasteiger partial charge in [0.05, 0.1) is 11.7 Å². The lowest BCUT2D eigenvalue weighted by Gasteiger charge is -2.22. The first-order valence-electron chi connectivity index (χ1n) is 5.76. The summed E-state index contributed by atoms with van der Waals surface area (Å²) in [6, 6.07) is 0.649. The first kappa shape index (κ1) is 12.9. The van der Waals surface area contributed by atoms with Gasteiger partial charge in [-0.25, -0.2) is 13.2 Å². The molecule has 18 heavy (non-hydrogen) atoms. The van der Waals surface area contributed by atoms with Gasteiger partial charge in [0.1, 0.15) is 5.82 Å².